The monoisotopic (exact) mass is 229 g/mol. The lowest BCUT2D eigenvalue weighted by Gasteiger charge is -2.28. The van der Waals surface area contributed by atoms with Crippen molar-refractivity contribution in [1.82, 2.24) is 4.90 Å². The molecular weight excluding hydrogens is 206 g/mol. The van der Waals surface area contributed by atoms with E-state index in [0.29, 0.717) is 6.04 Å². The largest absolute Gasteiger partial charge is 0.299 e. The average Bonchev–Trinajstić information content (AvgIpc) is 3.16. The molecule has 92 valence electrons. The van der Waals surface area contributed by atoms with Crippen LogP contribution in [0.4, 0.5) is 0 Å². The third kappa shape index (κ3) is 2.40. The fourth-order valence-electron chi connectivity index (χ4n) is 3.23. The average molecular weight is 229 g/mol. The normalized spacial score (nSPS) is 26.8. The van der Waals surface area contributed by atoms with E-state index in [1.54, 1.807) is 11.1 Å². The minimum atomic E-state index is 0.675. The molecule has 1 aliphatic heterocycles. The van der Waals surface area contributed by atoms with E-state index in [9.17, 15) is 0 Å². The number of hydrogen-bond acceptors (Lipinski definition) is 1. The molecular formula is C16H23N. The van der Waals surface area contributed by atoms with Crippen LogP contribution in [0.1, 0.15) is 61.6 Å². The molecule has 1 aromatic rings. The summed E-state index contributed by atoms with van der Waals surface area (Å²) in [6.45, 7) is 1.27. The highest BCUT2D eigenvalue weighted by atomic mass is 15.1. The van der Waals surface area contributed by atoms with E-state index >= 15 is 0 Å². The maximum atomic E-state index is 2.58. The van der Waals surface area contributed by atoms with E-state index in [0.717, 1.165) is 5.92 Å². The Morgan fingerprint density at radius 3 is 2.47 bits per heavy atom. The number of rotatable bonds is 2. The number of likely N-dealkylation sites (tertiary alicyclic amines) is 1. The Morgan fingerprint density at radius 1 is 0.941 bits per heavy atom. The van der Waals surface area contributed by atoms with Crippen molar-refractivity contribution in [2.75, 3.05) is 13.6 Å². The first-order chi connectivity index (χ1) is 8.36. The van der Waals surface area contributed by atoms with Gasteiger partial charge in [0.2, 0.25) is 0 Å². The summed E-state index contributed by atoms with van der Waals surface area (Å²) in [7, 11) is 2.31. The van der Waals surface area contributed by atoms with E-state index in [2.05, 4.69) is 36.2 Å². The van der Waals surface area contributed by atoms with Crippen LogP contribution in [0, 0.1) is 0 Å². The second-order valence-electron chi connectivity index (χ2n) is 5.75. The fourth-order valence-corrected chi connectivity index (χ4v) is 3.23. The van der Waals surface area contributed by atoms with Gasteiger partial charge in [0.25, 0.3) is 0 Å². The summed E-state index contributed by atoms with van der Waals surface area (Å²) in [6, 6.07) is 9.86. The zero-order valence-electron chi connectivity index (χ0n) is 10.9. The molecule has 2 aliphatic rings. The molecule has 0 amide bonds. The SMILES string of the molecule is CN1CCCCCC1c1ccccc1C1CC1. The van der Waals surface area contributed by atoms with Crippen LogP contribution in [0.2, 0.25) is 0 Å². The van der Waals surface area contributed by atoms with E-state index in [1.165, 1.54) is 45.1 Å². The summed E-state index contributed by atoms with van der Waals surface area (Å²) >= 11 is 0. The van der Waals surface area contributed by atoms with Crippen molar-refractivity contribution in [2.24, 2.45) is 0 Å². The van der Waals surface area contributed by atoms with Gasteiger partial charge in [-0.15, -0.1) is 0 Å². The summed E-state index contributed by atoms with van der Waals surface area (Å²) in [5, 5.41) is 0. The van der Waals surface area contributed by atoms with Crippen LogP contribution >= 0.6 is 0 Å². The van der Waals surface area contributed by atoms with Crippen LogP contribution < -0.4 is 0 Å². The highest BCUT2D eigenvalue weighted by Crippen LogP contribution is 2.44. The van der Waals surface area contributed by atoms with Crippen molar-refractivity contribution in [3.05, 3.63) is 35.4 Å². The molecule has 1 saturated carbocycles. The van der Waals surface area contributed by atoms with Gasteiger partial charge in [-0.3, -0.25) is 4.90 Å². The van der Waals surface area contributed by atoms with Gasteiger partial charge >= 0.3 is 0 Å². The van der Waals surface area contributed by atoms with Gasteiger partial charge in [0.1, 0.15) is 0 Å². The molecule has 0 N–H and O–H groups in total. The smallest absolute Gasteiger partial charge is 0.0347 e. The van der Waals surface area contributed by atoms with Crippen LogP contribution in [-0.4, -0.2) is 18.5 Å². The molecule has 2 fully saturated rings. The highest BCUT2D eigenvalue weighted by molar-refractivity contribution is 5.35. The molecule has 1 aliphatic carbocycles. The predicted octanol–water partition coefficient (Wildman–Crippen LogP) is 4.11. The lowest BCUT2D eigenvalue weighted by Crippen LogP contribution is -2.24. The molecule has 3 rings (SSSR count). The standard InChI is InChI=1S/C16H23N/c1-17-12-6-2-3-9-16(17)15-8-5-4-7-14(15)13-10-11-13/h4-5,7-8,13,16H,2-3,6,9-12H2,1H3. The van der Waals surface area contributed by atoms with Crippen molar-refractivity contribution in [3.8, 4) is 0 Å². The topological polar surface area (TPSA) is 3.24 Å². The molecule has 1 heterocycles. The van der Waals surface area contributed by atoms with Crippen LogP contribution in [0.3, 0.4) is 0 Å². The Bertz CT molecular complexity index is 381. The summed E-state index contributed by atoms with van der Waals surface area (Å²) in [5.74, 6) is 0.878. The molecule has 0 spiro atoms. The molecule has 17 heavy (non-hydrogen) atoms. The minimum absolute atomic E-state index is 0.675. The highest BCUT2D eigenvalue weighted by Gasteiger charge is 2.29. The lowest BCUT2D eigenvalue weighted by molar-refractivity contribution is 0.249. The second kappa shape index (κ2) is 4.81. The van der Waals surface area contributed by atoms with Crippen molar-refractivity contribution in [2.45, 2.75) is 50.5 Å². The van der Waals surface area contributed by atoms with Gasteiger partial charge in [0, 0.05) is 6.04 Å². The number of nitrogens with zero attached hydrogens (tertiary/aromatic N) is 1. The Morgan fingerprint density at radius 2 is 1.71 bits per heavy atom. The molecule has 0 aromatic heterocycles. The maximum Gasteiger partial charge on any atom is 0.0347 e. The molecule has 0 bridgehead atoms. The third-order valence-corrected chi connectivity index (χ3v) is 4.39. The molecule has 1 unspecified atom stereocenters. The summed E-state index contributed by atoms with van der Waals surface area (Å²) in [6.07, 6.45) is 8.35. The van der Waals surface area contributed by atoms with E-state index in [1.807, 2.05) is 0 Å². The maximum absolute atomic E-state index is 2.58. The molecule has 1 atom stereocenters. The number of benzene rings is 1. The van der Waals surface area contributed by atoms with Gasteiger partial charge in [-0.05, 0) is 56.3 Å². The summed E-state index contributed by atoms with van der Waals surface area (Å²) in [5.41, 5.74) is 3.27. The Kier molecular flexibility index (Phi) is 3.19. The summed E-state index contributed by atoms with van der Waals surface area (Å²) in [4.78, 5) is 2.58. The lowest BCUT2D eigenvalue weighted by atomic mass is 9.94. The second-order valence-corrected chi connectivity index (χ2v) is 5.75. The molecule has 1 aromatic carbocycles. The summed E-state index contributed by atoms with van der Waals surface area (Å²) < 4.78 is 0. The van der Waals surface area contributed by atoms with Gasteiger partial charge in [0.05, 0.1) is 0 Å². The number of hydrogen-bond donors (Lipinski definition) is 0. The molecule has 1 saturated heterocycles. The minimum Gasteiger partial charge on any atom is -0.299 e. The zero-order valence-corrected chi connectivity index (χ0v) is 10.9. The Labute approximate surface area is 105 Å². The van der Waals surface area contributed by atoms with Crippen LogP contribution in [0.25, 0.3) is 0 Å². The fraction of sp³-hybridized carbons (Fsp3) is 0.625. The first-order valence-corrected chi connectivity index (χ1v) is 7.15. The first-order valence-electron chi connectivity index (χ1n) is 7.15. The van der Waals surface area contributed by atoms with Crippen molar-refractivity contribution < 1.29 is 0 Å². The van der Waals surface area contributed by atoms with Gasteiger partial charge in [-0.1, -0.05) is 37.1 Å². The van der Waals surface area contributed by atoms with E-state index in [-0.39, 0.29) is 0 Å². The van der Waals surface area contributed by atoms with E-state index in [4.69, 9.17) is 0 Å². The van der Waals surface area contributed by atoms with Crippen molar-refractivity contribution in [3.63, 3.8) is 0 Å². The van der Waals surface area contributed by atoms with Gasteiger partial charge < -0.3 is 0 Å². The Hall–Kier alpha value is -0.820. The quantitative estimate of drug-likeness (QED) is 0.737. The predicted molar refractivity (Wildman–Crippen MR) is 72.3 cm³/mol. The van der Waals surface area contributed by atoms with Crippen molar-refractivity contribution in [1.29, 1.82) is 0 Å². The Balaban J connectivity index is 1.90. The van der Waals surface area contributed by atoms with Crippen LogP contribution in [0.15, 0.2) is 24.3 Å². The van der Waals surface area contributed by atoms with Gasteiger partial charge in [0.15, 0.2) is 0 Å². The van der Waals surface area contributed by atoms with Crippen LogP contribution in [-0.2, 0) is 0 Å². The first kappa shape index (κ1) is 11.3. The molecule has 0 radical (unpaired) electrons. The van der Waals surface area contributed by atoms with Gasteiger partial charge in [-0.2, -0.15) is 0 Å². The van der Waals surface area contributed by atoms with Gasteiger partial charge in [-0.25, -0.2) is 0 Å². The zero-order chi connectivity index (χ0) is 11.7. The molecule has 1 nitrogen and oxygen atoms in total. The molecule has 1 heteroatoms. The third-order valence-electron chi connectivity index (χ3n) is 4.39. The van der Waals surface area contributed by atoms with Crippen LogP contribution in [0.5, 0.6) is 0 Å². The van der Waals surface area contributed by atoms with Crippen molar-refractivity contribution >= 4 is 0 Å². The van der Waals surface area contributed by atoms with E-state index < -0.39 is 0 Å².